The van der Waals surface area contributed by atoms with Gasteiger partial charge in [0.15, 0.2) is 0 Å². The van der Waals surface area contributed by atoms with Crippen LogP contribution in [0, 0.1) is 0 Å². The molecule has 2 aliphatic rings. The van der Waals surface area contributed by atoms with Crippen molar-refractivity contribution in [2.45, 2.75) is 18.9 Å². The van der Waals surface area contributed by atoms with Crippen LogP contribution in [0.4, 0.5) is 4.79 Å². The van der Waals surface area contributed by atoms with Gasteiger partial charge in [0.05, 0.1) is 0 Å². The number of benzene rings is 1. The molecule has 3 rings (SSSR count). The van der Waals surface area contributed by atoms with Gasteiger partial charge in [0.25, 0.3) is 5.91 Å². The topological polar surface area (TPSA) is 81.8 Å². The molecule has 1 atom stereocenters. The molecule has 1 aromatic rings. The zero-order valence-corrected chi connectivity index (χ0v) is 13.7. The van der Waals surface area contributed by atoms with Crippen molar-refractivity contribution in [1.82, 2.24) is 20.4 Å². The number of amides is 4. The minimum absolute atomic E-state index is 0.194. The van der Waals surface area contributed by atoms with Crippen molar-refractivity contribution in [2.75, 3.05) is 32.7 Å². The van der Waals surface area contributed by atoms with Gasteiger partial charge in [-0.15, -0.1) is 0 Å². The second-order valence-corrected chi connectivity index (χ2v) is 6.08. The number of rotatable bonds is 4. The summed E-state index contributed by atoms with van der Waals surface area (Å²) in [7, 11) is 0. The van der Waals surface area contributed by atoms with Gasteiger partial charge in [-0.25, -0.2) is 4.79 Å². The second kappa shape index (κ2) is 6.60. The van der Waals surface area contributed by atoms with E-state index in [-0.39, 0.29) is 18.4 Å². The first-order valence-corrected chi connectivity index (χ1v) is 8.26. The summed E-state index contributed by atoms with van der Waals surface area (Å²) in [5.74, 6) is -0.551. The van der Waals surface area contributed by atoms with Gasteiger partial charge >= 0.3 is 6.03 Å². The number of urea groups is 1. The van der Waals surface area contributed by atoms with Crippen molar-refractivity contribution in [3.05, 3.63) is 35.9 Å². The SMILES string of the molecule is CC[C@]1(c2ccccc2)NC(=O)N(CC(=O)N2CCNCC2)C1=O. The monoisotopic (exact) mass is 330 g/mol. The number of nitrogens with one attached hydrogen (secondary N) is 2. The Kier molecular flexibility index (Phi) is 4.53. The van der Waals surface area contributed by atoms with E-state index in [1.807, 2.05) is 37.3 Å². The fraction of sp³-hybridized carbons (Fsp3) is 0.471. The lowest BCUT2D eigenvalue weighted by Gasteiger charge is -2.29. The van der Waals surface area contributed by atoms with Gasteiger partial charge in [0, 0.05) is 26.2 Å². The normalized spacial score (nSPS) is 24.2. The molecule has 1 aromatic carbocycles. The van der Waals surface area contributed by atoms with Crippen LogP contribution in [0.3, 0.4) is 0 Å². The summed E-state index contributed by atoms with van der Waals surface area (Å²) >= 11 is 0. The molecule has 0 saturated carbocycles. The molecule has 7 nitrogen and oxygen atoms in total. The van der Waals surface area contributed by atoms with Crippen LogP contribution in [0.2, 0.25) is 0 Å². The first-order chi connectivity index (χ1) is 11.6. The van der Waals surface area contributed by atoms with Gasteiger partial charge in [-0.3, -0.25) is 14.5 Å². The highest BCUT2D eigenvalue weighted by molar-refractivity contribution is 6.09. The second-order valence-electron chi connectivity index (χ2n) is 6.08. The van der Waals surface area contributed by atoms with Gasteiger partial charge < -0.3 is 15.5 Å². The maximum atomic E-state index is 12.9. The third-order valence-electron chi connectivity index (χ3n) is 4.74. The fourth-order valence-corrected chi connectivity index (χ4v) is 3.28. The Balaban J connectivity index is 1.79. The summed E-state index contributed by atoms with van der Waals surface area (Å²) in [5.41, 5.74) is -0.342. The largest absolute Gasteiger partial charge is 0.339 e. The van der Waals surface area contributed by atoms with Crippen molar-refractivity contribution in [2.24, 2.45) is 0 Å². The number of carbonyl (C=O) groups excluding carboxylic acids is 3. The van der Waals surface area contributed by atoms with Crippen LogP contribution in [-0.4, -0.2) is 60.4 Å². The first kappa shape index (κ1) is 16.4. The van der Waals surface area contributed by atoms with Crippen molar-refractivity contribution in [3.63, 3.8) is 0 Å². The summed E-state index contributed by atoms with van der Waals surface area (Å²) in [4.78, 5) is 40.4. The Bertz CT molecular complexity index is 642. The third-order valence-corrected chi connectivity index (χ3v) is 4.74. The minimum atomic E-state index is -1.08. The van der Waals surface area contributed by atoms with Gasteiger partial charge in [0.2, 0.25) is 5.91 Å². The van der Waals surface area contributed by atoms with Crippen LogP contribution < -0.4 is 10.6 Å². The molecule has 4 amide bonds. The smallest absolute Gasteiger partial charge is 0.325 e. The molecule has 0 radical (unpaired) electrons. The molecule has 2 N–H and O–H groups in total. The van der Waals surface area contributed by atoms with E-state index in [4.69, 9.17) is 0 Å². The zero-order chi connectivity index (χ0) is 17.2. The average Bonchev–Trinajstić information content (AvgIpc) is 2.88. The van der Waals surface area contributed by atoms with E-state index < -0.39 is 11.6 Å². The maximum Gasteiger partial charge on any atom is 0.325 e. The van der Waals surface area contributed by atoms with Gasteiger partial charge in [0.1, 0.15) is 12.1 Å². The number of carbonyl (C=O) groups is 3. The summed E-state index contributed by atoms with van der Waals surface area (Å²) in [6, 6.07) is 8.67. The standard InChI is InChI=1S/C17H22N4O3/c1-2-17(13-6-4-3-5-7-13)15(23)21(16(24)19-17)12-14(22)20-10-8-18-9-11-20/h3-7,18H,2,8-12H2,1H3,(H,19,24)/t17-/m1/s1. The van der Waals surface area contributed by atoms with Crippen LogP contribution in [0.5, 0.6) is 0 Å². The number of hydrogen-bond donors (Lipinski definition) is 2. The van der Waals surface area contributed by atoms with Gasteiger partial charge in [-0.2, -0.15) is 0 Å². The van der Waals surface area contributed by atoms with Crippen LogP contribution in [0.15, 0.2) is 30.3 Å². The molecule has 7 heteroatoms. The Hall–Kier alpha value is -2.41. The molecular formula is C17H22N4O3. The van der Waals surface area contributed by atoms with Crippen molar-refractivity contribution in [3.8, 4) is 0 Å². The lowest BCUT2D eigenvalue weighted by Crippen LogP contribution is -2.50. The highest BCUT2D eigenvalue weighted by Crippen LogP contribution is 2.32. The molecular weight excluding hydrogens is 308 g/mol. The molecule has 0 unspecified atom stereocenters. The first-order valence-electron chi connectivity index (χ1n) is 8.26. The molecule has 2 aliphatic heterocycles. The van der Waals surface area contributed by atoms with Crippen LogP contribution in [0.25, 0.3) is 0 Å². The highest BCUT2D eigenvalue weighted by atomic mass is 16.2. The van der Waals surface area contributed by atoms with Crippen LogP contribution in [0.1, 0.15) is 18.9 Å². The number of hydrogen-bond acceptors (Lipinski definition) is 4. The Labute approximate surface area is 141 Å². The number of imide groups is 1. The van der Waals surface area contributed by atoms with E-state index in [9.17, 15) is 14.4 Å². The fourth-order valence-electron chi connectivity index (χ4n) is 3.28. The summed E-state index contributed by atoms with van der Waals surface area (Å²) in [6.45, 7) is 4.30. The zero-order valence-electron chi connectivity index (χ0n) is 13.7. The van der Waals surface area contributed by atoms with Gasteiger partial charge in [-0.05, 0) is 12.0 Å². The van der Waals surface area contributed by atoms with Crippen molar-refractivity contribution >= 4 is 17.8 Å². The van der Waals surface area contributed by atoms with Crippen molar-refractivity contribution in [1.29, 1.82) is 0 Å². The van der Waals surface area contributed by atoms with Crippen LogP contribution >= 0.6 is 0 Å². The quantitative estimate of drug-likeness (QED) is 0.777. The summed E-state index contributed by atoms with van der Waals surface area (Å²) < 4.78 is 0. The lowest BCUT2D eigenvalue weighted by atomic mass is 9.87. The van der Waals surface area contributed by atoms with E-state index >= 15 is 0 Å². The van der Waals surface area contributed by atoms with E-state index in [2.05, 4.69) is 10.6 Å². The van der Waals surface area contributed by atoms with Crippen molar-refractivity contribution < 1.29 is 14.4 Å². The summed E-state index contributed by atoms with van der Waals surface area (Å²) in [6.07, 6.45) is 0.430. The Morgan fingerprint density at radius 3 is 2.46 bits per heavy atom. The molecule has 0 spiro atoms. The van der Waals surface area contributed by atoms with Crippen LogP contribution in [-0.2, 0) is 15.1 Å². The lowest BCUT2D eigenvalue weighted by molar-refractivity contribution is -0.139. The van der Waals surface area contributed by atoms with Gasteiger partial charge in [-0.1, -0.05) is 37.3 Å². The average molecular weight is 330 g/mol. The minimum Gasteiger partial charge on any atom is -0.339 e. The molecule has 2 heterocycles. The summed E-state index contributed by atoms with van der Waals surface area (Å²) in [5, 5.41) is 5.97. The molecule has 0 bridgehead atoms. The highest BCUT2D eigenvalue weighted by Gasteiger charge is 2.51. The molecule has 2 saturated heterocycles. The molecule has 0 aliphatic carbocycles. The predicted molar refractivity (Wildman–Crippen MR) is 88.1 cm³/mol. The van der Waals surface area contributed by atoms with E-state index in [1.54, 1.807) is 4.90 Å². The third kappa shape index (κ3) is 2.75. The molecule has 128 valence electrons. The Morgan fingerprint density at radius 2 is 1.83 bits per heavy atom. The molecule has 2 fully saturated rings. The number of nitrogens with zero attached hydrogens (tertiary/aromatic N) is 2. The van der Waals surface area contributed by atoms with E-state index in [0.717, 1.165) is 23.6 Å². The maximum absolute atomic E-state index is 12.9. The Morgan fingerprint density at radius 1 is 1.17 bits per heavy atom. The van der Waals surface area contributed by atoms with E-state index in [1.165, 1.54) is 0 Å². The molecule has 0 aromatic heterocycles. The predicted octanol–water partition coefficient (Wildman–Crippen LogP) is 0.276. The number of piperazine rings is 1. The molecule has 24 heavy (non-hydrogen) atoms. The van der Waals surface area contributed by atoms with E-state index in [0.29, 0.717) is 19.5 Å².